The fourth-order valence-corrected chi connectivity index (χ4v) is 5.87. The van der Waals surface area contributed by atoms with Gasteiger partial charge in [-0.2, -0.15) is 5.26 Å². The molecule has 0 bridgehead atoms. The standard InChI is InChI=1S/C37H53NO3/c1-4-6-8-9-10-11-12-13-27-40-35-24-22-34(23-25-35)33-20-18-32(19-21-33)31-16-14-30(15-17-31)28-41-36(39)37(3,29-38)26-7-5-2/h18-25,30-31H,4-17,26-28H2,1-3H3. The third kappa shape index (κ3) is 10.8. The van der Waals surface area contributed by atoms with Crippen molar-refractivity contribution in [3.8, 4) is 22.9 Å². The molecule has 2 aromatic rings. The van der Waals surface area contributed by atoms with Crippen molar-refractivity contribution >= 4 is 5.97 Å². The first-order valence-electron chi connectivity index (χ1n) is 16.4. The molecular weight excluding hydrogens is 506 g/mol. The molecule has 0 saturated heterocycles. The van der Waals surface area contributed by atoms with Gasteiger partial charge in [-0.1, -0.05) is 108 Å². The quantitative estimate of drug-likeness (QED) is 0.135. The van der Waals surface area contributed by atoms with Crippen molar-refractivity contribution in [3.05, 3.63) is 54.1 Å². The summed E-state index contributed by atoms with van der Waals surface area (Å²) in [5.74, 6) is 1.54. The molecule has 4 nitrogen and oxygen atoms in total. The van der Waals surface area contributed by atoms with Gasteiger partial charge in [0.15, 0.2) is 5.41 Å². The van der Waals surface area contributed by atoms with Crippen molar-refractivity contribution in [2.24, 2.45) is 11.3 Å². The number of ether oxygens (including phenoxy) is 2. The molecule has 1 saturated carbocycles. The summed E-state index contributed by atoms with van der Waals surface area (Å²) in [7, 11) is 0. The Morgan fingerprint density at radius 3 is 1.95 bits per heavy atom. The Morgan fingerprint density at radius 2 is 1.37 bits per heavy atom. The number of benzene rings is 2. The highest BCUT2D eigenvalue weighted by Crippen LogP contribution is 2.37. The largest absolute Gasteiger partial charge is 0.494 e. The van der Waals surface area contributed by atoms with Crippen LogP contribution >= 0.6 is 0 Å². The molecule has 1 aliphatic rings. The summed E-state index contributed by atoms with van der Waals surface area (Å²) in [6.07, 6.45) is 17.2. The molecule has 3 rings (SSSR count). The molecule has 224 valence electrons. The monoisotopic (exact) mass is 559 g/mol. The molecule has 4 heteroatoms. The van der Waals surface area contributed by atoms with Crippen LogP contribution in [0.4, 0.5) is 0 Å². The van der Waals surface area contributed by atoms with Gasteiger partial charge in [0.05, 0.1) is 19.3 Å². The molecule has 1 aliphatic carbocycles. The third-order valence-corrected chi connectivity index (χ3v) is 8.86. The molecule has 1 fully saturated rings. The molecule has 0 heterocycles. The Hall–Kier alpha value is -2.80. The average Bonchev–Trinajstić information content (AvgIpc) is 3.02. The highest BCUT2D eigenvalue weighted by molar-refractivity contribution is 5.79. The molecule has 41 heavy (non-hydrogen) atoms. The lowest BCUT2D eigenvalue weighted by molar-refractivity contribution is -0.153. The van der Waals surface area contributed by atoms with Crippen LogP contribution in [0.2, 0.25) is 0 Å². The van der Waals surface area contributed by atoms with Crippen molar-refractivity contribution in [1.29, 1.82) is 5.26 Å². The van der Waals surface area contributed by atoms with Crippen molar-refractivity contribution in [2.75, 3.05) is 13.2 Å². The molecule has 2 aromatic carbocycles. The van der Waals surface area contributed by atoms with E-state index in [1.807, 2.05) is 0 Å². The molecule has 1 atom stereocenters. The first-order valence-corrected chi connectivity index (χ1v) is 16.4. The molecule has 0 spiro atoms. The maximum absolute atomic E-state index is 12.6. The van der Waals surface area contributed by atoms with Crippen LogP contribution in [-0.2, 0) is 9.53 Å². The summed E-state index contributed by atoms with van der Waals surface area (Å²) in [5, 5.41) is 9.51. The maximum Gasteiger partial charge on any atom is 0.326 e. The first-order chi connectivity index (χ1) is 20.0. The van der Waals surface area contributed by atoms with Crippen LogP contribution in [0.15, 0.2) is 48.5 Å². The third-order valence-electron chi connectivity index (χ3n) is 8.86. The summed E-state index contributed by atoms with van der Waals surface area (Å²) in [5.41, 5.74) is 2.82. The van der Waals surface area contributed by atoms with Gasteiger partial charge in [0.1, 0.15) is 5.75 Å². The van der Waals surface area contributed by atoms with Crippen LogP contribution in [0, 0.1) is 22.7 Å². The van der Waals surface area contributed by atoms with Crippen LogP contribution < -0.4 is 4.74 Å². The minimum absolute atomic E-state index is 0.353. The Morgan fingerprint density at radius 1 is 0.805 bits per heavy atom. The zero-order valence-corrected chi connectivity index (χ0v) is 26.0. The van der Waals surface area contributed by atoms with Gasteiger partial charge in [-0.25, -0.2) is 0 Å². The number of rotatable bonds is 18. The number of esters is 1. The van der Waals surface area contributed by atoms with Crippen molar-refractivity contribution in [3.63, 3.8) is 0 Å². The first kappa shape index (κ1) is 32.7. The van der Waals surface area contributed by atoms with E-state index in [2.05, 4.69) is 68.4 Å². The van der Waals surface area contributed by atoms with E-state index in [4.69, 9.17) is 9.47 Å². The van der Waals surface area contributed by atoms with Gasteiger partial charge in [0.2, 0.25) is 0 Å². The Labute approximate surface area is 249 Å². The van der Waals surface area contributed by atoms with Gasteiger partial charge in [-0.15, -0.1) is 0 Å². The van der Waals surface area contributed by atoms with Gasteiger partial charge >= 0.3 is 5.97 Å². The molecule has 0 radical (unpaired) electrons. The number of carbonyl (C=O) groups is 1. The van der Waals surface area contributed by atoms with Crippen molar-refractivity contribution < 1.29 is 14.3 Å². The number of unbranched alkanes of at least 4 members (excludes halogenated alkanes) is 8. The molecule has 0 N–H and O–H groups in total. The zero-order chi connectivity index (χ0) is 29.3. The Bertz CT molecular complexity index is 1050. The Kier molecular flexibility index (Phi) is 14.3. The van der Waals surface area contributed by atoms with Crippen LogP contribution in [0.5, 0.6) is 5.75 Å². The lowest BCUT2D eigenvalue weighted by atomic mass is 9.78. The lowest BCUT2D eigenvalue weighted by Crippen LogP contribution is -2.30. The van der Waals surface area contributed by atoms with Gasteiger partial charge in [0, 0.05) is 0 Å². The molecule has 0 aliphatic heterocycles. The highest BCUT2D eigenvalue weighted by Gasteiger charge is 2.35. The van der Waals surface area contributed by atoms with Crippen LogP contribution in [-0.4, -0.2) is 19.2 Å². The summed E-state index contributed by atoms with van der Waals surface area (Å²) in [6.45, 7) is 7.29. The van der Waals surface area contributed by atoms with E-state index >= 15 is 0 Å². The molecule has 0 aromatic heterocycles. The van der Waals surface area contributed by atoms with Crippen LogP contribution in [0.1, 0.15) is 129 Å². The Balaban J connectivity index is 1.37. The summed E-state index contributed by atoms with van der Waals surface area (Å²) in [6, 6.07) is 19.7. The number of hydrogen-bond acceptors (Lipinski definition) is 4. The fraction of sp³-hybridized carbons (Fsp3) is 0.622. The second kappa shape index (κ2) is 17.9. The van der Waals surface area contributed by atoms with E-state index < -0.39 is 5.41 Å². The molecular formula is C37H53NO3. The van der Waals surface area contributed by atoms with Gasteiger partial charge in [-0.3, -0.25) is 4.79 Å². The van der Waals surface area contributed by atoms with Crippen molar-refractivity contribution in [1.82, 2.24) is 0 Å². The van der Waals surface area contributed by atoms with E-state index in [9.17, 15) is 10.1 Å². The van der Waals surface area contributed by atoms with E-state index in [-0.39, 0.29) is 5.97 Å². The number of carbonyl (C=O) groups excluding carboxylic acids is 1. The van der Waals surface area contributed by atoms with Gasteiger partial charge in [0.25, 0.3) is 0 Å². The van der Waals surface area contributed by atoms with Crippen LogP contribution in [0.25, 0.3) is 11.1 Å². The number of nitriles is 1. The highest BCUT2D eigenvalue weighted by atomic mass is 16.5. The fourth-order valence-electron chi connectivity index (χ4n) is 5.87. The zero-order valence-electron chi connectivity index (χ0n) is 26.0. The smallest absolute Gasteiger partial charge is 0.326 e. The van der Waals surface area contributed by atoms with E-state index in [1.165, 1.54) is 61.6 Å². The van der Waals surface area contributed by atoms with Crippen molar-refractivity contribution in [2.45, 2.75) is 123 Å². The SMILES string of the molecule is CCCCCCCCCCOc1ccc(-c2ccc(C3CCC(COC(=O)C(C)(C#N)CCCC)CC3)cc2)cc1. The van der Waals surface area contributed by atoms with Crippen LogP contribution in [0.3, 0.4) is 0 Å². The topological polar surface area (TPSA) is 59.3 Å². The minimum atomic E-state index is -1.02. The second-order valence-corrected chi connectivity index (χ2v) is 12.3. The maximum atomic E-state index is 12.6. The lowest BCUT2D eigenvalue weighted by Gasteiger charge is -2.29. The predicted molar refractivity (Wildman–Crippen MR) is 169 cm³/mol. The van der Waals surface area contributed by atoms with E-state index in [0.717, 1.165) is 57.3 Å². The van der Waals surface area contributed by atoms with E-state index in [0.29, 0.717) is 24.9 Å². The summed E-state index contributed by atoms with van der Waals surface area (Å²) < 4.78 is 11.6. The summed E-state index contributed by atoms with van der Waals surface area (Å²) in [4.78, 5) is 12.6. The second-order valence-electron chi connectivity index (χ2n) is 12.3. The average molecular weight is 560 g/mol. The normalized spacial score (nSPS) is 18.3. The van der Waals surface area contributed by atoms with Gasteiger partial charge < -0.3 is 9.47 Å². The molecule has 1 unspecified atom stereocenters. The number of nitrogens with zero attached hydrogens (tertiary/aromatic N) is 1. The van der Waals surface area contributed by atoms with E-state index in [1.54, 1.807) is 6.92 Å². The minimum Gasteiger partial charge on any atom is -0.494 e. The summed E-state index contributed by atoms with van der Waals surface area (Å²) >= 11 is 0. The number of hydrogen-bond donors (Lipinski definition) is 0. The van der Waals surface area contributed by atoms with Gasteiger partial charge in [-0.05, 0) is 86.1 Å². The molecule has 0 amide bonds. The predicted octanol–water partition coefficient (Wildman–Crippen LogP) is 10.4.